The number of hydrogen-bond donors (Lipinski definition) is 2. The average molecular weight is 226 g/mol. The lowest BCUT2D eigenvalue weighted by Gasteiger charge is -2.11. The SMILES string of the molecule is CNc1ccccc1-c1ccccc1C(N)=O. The van der Waals surface area contributed by atoms with Crippen LogP contribution in [0.1, 0.15) is 10.4 Å². The summed E-state index contributed by atoms with van der Waals surface area (Å²) in [6, 6.07) is 15.2. The third kappa shape index (κ3) is 2.13. The van der Waals surface area contributed by atoms with Crippen LogP contribution < -0.4 is 11.1 Å². The van der Waals surface area contributed by atoms with Gasteiger partial charge >= 0.3 is 0 Å². The molecule has 17 heavy (non-hydrogen) atoms. The molecule has 0 atom stereocenters. The van der Waals surface area contributed by atoms with Crippen molar-refractivity contribution in [2.24, 2.45) is 5.73 Å². The van der Waals surface area contributed by atoms with Crippen LogP contribution in [0.2, 0.25) is 0 Å². The number of para-hydroxylation sites is 1. The molecule has 3 heteroatoms. The van der Waals surface area contributed by atoms with Gasteiger partial charge in [0.25, 0.3) is 0 Å². The summed E-state index contributed by atoms with van der Waals surface area (Å²) in [6.07, 6.45) is 0. The standard InChI is InChI=1S/C14H14N2O/c1-16-13-9-5-4-7-11(13)10-6-2-3-8-12(10)14(15)17/h2-9,16H,1H3,(H2,15,17). The lowest BCUT2D eigenvalue weighted by molar-refractivity contribution is 0.100. The quantitative estimate of drug-likeness (QED) is 0.844. The second-order valence-electron chi connectivity index (χ2n) is 3.71. The highest BCUT2D eigenvalue weighted by molar-refractivity contribution is 6.01. The third-order valence-corrected chi connectivity index (χ3v) is 2.68. The summed E-state index contributed by atoms with van der Waals surface area (Å²) >= 11 is 0. The number of carbonyl (C=O) groups is 1. The van der Waals surface area contributed by atoms with Crippen LogP contribution in [0.5, 0.6) is 0 Å². The molecule has 0 saturated carbocycles. The molecule has 3 N–H and O–H groups in total. The minimum atomic E-state index is -0.411. The number of amides is 1. The van der Waals surface area contributed by atoms with E-state index in [1.165, 1.54) is 0 Å². The van der Waals surface area contributed by atoms with Crippen molar-refractivity contribution in [3.63, 3.8) is 0 Å². The smallest absolute Gasteiger partial charge is 0.249 e. The van der Waals surface area contributed by atoms with Crippen molar-refractivity contribution < 1.29 is 4.79 Å². The van der Waals surface area contributed by atoms with E-state index in [2.05, 4.69) is 5.32 Å². The zero-order chi connectivity index (χ0) is 12.3. The first-order valence-corrected chi connectivity index (χ1v) is 5.40. The van der Waals surface area contributed by atoms with Crippen LogP contribution in [0.25, 0.3) is 11.1 Å². The minimum Gasteiger partial charge on any atom is -0.388 e. The van der Waals surface area contributed by atoms with Crippen molar-refractivity contribution in [3.8, 4) is 11.1 Å². The van der Waals surface area contributed by atoms with E-state index in [1.807, 2.05) is 49.5 Å². The Hall–Kier alpha value is -2.29. The van der Waals surface area contributed by atoms with E-state index in [0.29, 0.717) is 5.56 Å². The Morgan fingerprint density at radius 2 is 1.59 bits per heavy atom. The monoisotopic (exact) mass is 226 g/mol. The van der Waals surface area contributed by atoms with E-state index in [9.17, 15) is 4.79 Å². The molecule has 0 aliphatic carbocycles. The summed E-state index contributed by atoms with van der Waals surface area (Å²) in [7, 11) is 1.85. The summed E-state index contributed by atoms with van der Waals surface area (Å²) < 4.78 is 0. The van der Waals surface area contributed by atoms with Gasteiger partial charge in [-0.05, 0) is 17.7 Å². The van der Waals surface area contributed by atoms with Gasteiger partial charge in [0, 0.05) is 23.9 Å². The molecule has 0 aliphatic heterocycles. The van der Waals surface area contributed by atoms with Gasteiger partial charge in [-0.2, -0.15) is 0 Å². The molecule has 2 aromatic carbocycles. The molecule has 0 bridgehead atoms. The van der Waals surface area contributed by atoms with Gasteiger partial charge in [0.2, 0.25) is 5.91 Å². The van der Waals surface area contributed by atoms with Gasteiger partial charge in [-0.25, -0.2) is 0 Å². The van der Waals surface area contributed by atoms with Crippen LogP contribution in [-0.4, -0.2) is 13.0 Å². The molecule has 2 rings (SSSR count). The minimum absolute atomic E-state index is 0.411. The maximum Gasteiger partial charge on any atom is 0.249 e. The highest BCUT2D eigenvalue weighted by Gasteiger charge is 2.11. The number of nitrogens with two attached hydrogens (primary N) is 1. The number of anilines is 1. The number of carbonyl (C=O) groups excluding carboxylic acids is 1. The van der Waals surface area contributed by atoms with E-state index in [1.54, 1.807) is 6.07 Å². The molecule has 3 nitrogen and oxygen atoms in total. The van der Waals surface area contributed by atoms with E-state index < -0.39 is 5.91 Å². The summed E-state index contributed by atoms with van der Waals surface area (Å²) in [5.41, 5.74) is 8.72. The molecular formula is C14H14N2O. The second-order valence-corrected chi connectivity index (χ2v) is 3.71. The summed E-state index contributed by atoms with van der Waals surface area (Å²) in [5.74, 6) is -0.411. The molecule has 0 aliphatic rings. The first-order valence-electron chi connectivity index (χ1n) is 5.40. The molecule has 2 aromatic rings. The molecule has 0 spiro atoms. The summed E-state index contributed by atoms with van der Waals surface area (Å²) in [4.78, 5) is 11.4. The largest absolute Gasteiger partial charge is 0.388 e. The Bertz CT molecular complexity index is 549. The first kappa shape index (κ1) is 11.2. The Morgan fingerprint density at radius 1 is 1.00 bits per heavy atom. The predicted octanol–water partition coefficient (Wildman–Crippen LogP) is 2.49. The number of rotatable bonds is 3. The molecule has 0 heterocycles. The number of primary amides is 1. The van der Waals surface area contributed by atoms with Crippen LogP contribution in [0, 0.1) is 0 Å². The van der Waals surface area contributed by atoms with Gasteiger partial charge < -0.3 is 11.1 Å². The lowest BCUT2D eigenvalue weighted by Crippen LogP contribution is -2.12. The fourth-order valence-corrected chi connectivity index (χ4v) is 1.87. The second kappa shape index (κ2) is 4.70. The molecule has 0 fully saturated rings. The molecule has 0 radical (unpaired) electrons. The van der Waals surface area contributed by atoms with E-state index in [4.69, 9.17) is 5.73 Å². The maximum atomic E-state index is 11.4. The van der Waals surface area contributed by atoms with Crippen LogP contribution in [0.3, 0.4) is 0 Å². The van der Waals surface area contributed by atoms with E-state index in [-0.39, 0.29) is 0 Å². The summed E-state index contributed by atoms with van der Waals surface area (Å²) in [6.45, 7) is 0. The highest BCUT2D eigenvalue weighted by Crippen LogP contribution is 2.29. The van der Waals surface area contributed by atoms with Gasteiger partial charge in [-0.3, -0.25) is 4.79 Å². The molecule has 0 aromatic heterocycles. The molecule has 0 unspecified atom stereocenters. The van der Waals surface area contributed by atoms with Gasteiger partial charge in [0.1, 0.15) is 0 Å². The normalized spacial score (nSPS) is 9.94. The van der Waals surface area contributed by atoms with Crippen LogP contribution >= 0.6 is 0 Å². The number of nitrogens with one attached hydrogen (secondary N) is 1. The van der Waals surface area contributed by atoms with Crippen molar-refractivity contribution in [3.05, 3.63) is 54.1 Å². The molecule has 86 valence electrons. The fourth-order valence-electron chi connectivity index (χ4n) is 1.87. The van der Waals surface area contributed by atoms with Crippen molar-refractivity contribution in [2.75, 3.05) is 12.4 Å². The molecule has 0 saturated heterocycles. The lowest BCUT2D eigenvalue weighted by atomic mass is 9.98. The van der Waals surface area contributed by atoms with Crippen LogP contribution in [0.15, 0.2) is 48.5 Å². The van der Waals surface area contributed by atoms with Gasteiger partial charge in [0.15, 0.2) is 0 Å². The van der Waals surface area contributed by atoms with Gasteiger partial charge in [-0.1, -0.05) is 36.4 Å². The van der Waals surface area contributed by atoms with E-state index in [0.717, 1.165) is 16.8 Å². The fraction of sp³-hybridized carbons (Fsp3) is 0.0714. The number of hydrogen-bond acceptors (Lipinski definition) is 2. The van der Waals surface area contributed by atoms with Crippen molar-refractivity contribution >= 4 is 11.6 Å². The Kier molecular flexibility index (Phi) is 3.10. The molecular weight excluding hydrogens is 212 g/mol. The Morgan fingerprint density at radius 3 is 2.24 bits per heavy atom. The topological polar surface area (TPSA) is 55.1 Å². The molecule has 1 amide bonds. The zero-order valence-corrected chi connectivity index (χ0v) is 9.60. The maximum absolute atomic E-state index is 11.4. The highest BCUT2D eigenvalue weighted by atomic mass is 16.1. The first-order chi connectivity index (χ1) is 8.24. The predicted molar refractivity (Wildman–Crippen MR) is 69.9 cm³/mol. The zero-order valence-electron chi connectivity index (χ0n) is 9.60. The third-order valence-electron chi connectivity index (χ3n) is 2.68. The Balaban J connectivity index is 2.64. The number of benzene rings is 2. The van der Waals surface area contributed by atoms with Crippen LogP contribution in [0.4, 0.5) is 5.69 Å². The van der Waals surface area contributed by atoms with Gasteiger partial charge in [0.05, 0.1) is 0 Å². The van der Waals surface area contributed by atoms with Crippen molar-refractivity contribution in [1.82, 2.24) is 0 Å². The average Bonchev–Trinajstić information content (AvgIpc) is 2.38. The van der Waals surface area contributed by atoms with E-state index >= 15 is 0 Å². The van der Waals surface area contributed by atoms with Gasteiger partial charge in [-0.15, -0.1) is 0 Å². The van der Waals surface area contributed by atoms with Crippen molar-refractivity contribution in [1.29, 1.82) is 0 Å². The Labute approximate surface area is 100 Å². The van der Waals surface area contributed by atoms with Crippen molar-refractivity contribution in [2.45, 2.75) is 0 Å². The van der Waals surface area contributed by atoms with Crippen LogP contribution in [-0.2, 0) is 0 Å². The summed E-state index contributed by atoms with van der Waals surface area (Å²) in [5, 5.41) is 3.11.